The third-order valence-electron chi connectivity index (χ3n) is 6.90. The monoisotopic (exact) mass is 485 g/mol. The van der Waals surface area contributed by atoms with Gasteiger partial charge in [0.25, 0.3) is 0 Å². The minimum Gasteiger partial charge on any atom is -0.208 e. The minimum atomic E-state index is 0.663. The predicted octanol–water partition coefficient (Wildman–Crippen LogP) is 8.85. The van der Waals surface area contributed by atoms with Gasteiger partial charge in [0.05, 0.1) is 0 Å². The number of fused-ring (bicyclic) bond motifs is 2. The maximum absolute atomic E-state index is 5.00. The molecule has 0 amide bonds. The van der Waals surface area contributed by atoms with E-state index in [1.54, 1.807) is 0 Å². The molecule has 1 heterocycles. The highest BCUT2D eigenvalue weighted by atomic mass is 15.0. The first-order chi connectivity index (χ1) is 18.8. The Bertz CT molecular complexity index is 1910. The fourth-order valence-corrected chi connectivity index (χ4v) is 4.96. The molecule has 0 aliphatic heterocycles. The normalized spacial score (nSPS) is 11.2. The Morgan fingerprint density at radius 1 is 0.316 bits per heavy atom. The van der Waals surface area contributed by atoms with E-state index in [1.807, 2.05) is 36.4 Å². The Balaban J connectivity index is 1.39. The maximum atomic E-state index is 5.00. The fourth-order valence-electron chi connectivity index (χ4n) is 4.96. The molecule has 1 aromatic heterocycles. The van der Waals surface area contributed by atoms with E-state index in [0.717, 1.165) is 32.8 Å². The first-order valence-electron chi connectivity index (χ1n) is 12.7. The van der Waals surface area contributed by atoms with E-state index >= 15 is 0 Å². The average molecular weight is 486 g/mol. The van der Waals surface area contributed by atoms with Crippen molar-refractivity contribution in [1.82, 2.24) is 15.0 Å². The minimum absolute atomic E-state index is 0.663. The van der Waals surface area contributed by atoms with Gasteiger partial charge in [-0.25, -0.2) is 15.0 Å². The van der Waals surface area contributed by atoms with E-state index in [4.69, 9.17) is 15.0 Å². The zero-order valence-electron chi connectivity index (χ0n) is 20.6. The van der Waals surface area contributed by atoms with E-state index in [0.29, 0.717) is 17.5 Å². The summed E-state index contributed by atoms with van der Waals surface area (Å²) < 4.78 is 0. The molecule has 0 fully saturated rings. The lowest BCUT2D eigenvalue weighted by Gasteiger charge is -2.11. The summed E-state index contributed by atoms with van der Waals surface area (Å²) in [6.45, 7) is 0. The topological polar surface area (TPSA) is 38.7 Å². The molecule has 0 unspecified atom stereocenters. The first-order valence-corrected chi connectivity index (χ1v) is 12.7. The Labute approximate surface area is 221 Å². The molecule has 0 aliphatic carbocycles. The summed E-state index contributed by atoms with van der Waals surface area (Å²) in [4.78, 5) is 14.9. The van der Waals surface area contributed by atoms with Crippen LogP contribution in [0.1, 0.15) is 0 Å². The van der Waals surface area contributed by atoms with Crippen molar-refractivity contribution in [2.45, 2.75) is 0 Å². The Morgan fingerprint density at radius 3 is 1.63 bits per heavy atom. The number of aromatic nitrogens is 3. The van der Waals surface area contributed by atoms with Crippen LogP contribution in [-0.4, -0.2) is 15.0 Å². The van der Waals surface area contributed by atoms with Crippen LogP contribution in [0.3, 0.4) is 0 Å². The van der Waals surface area contributed by atoms with E-state index in [1.165, 1.54) is 16.5 Å². The summed E-state index contributed by atoms with van der Waals surface area (Å²) in [5.41, 5.74) is 5.34. The van der Waals surface area contributed by atoms with Crippen molar-refractivity contribution in [3.05, 3.63) is 140 Å². The number of benzene rings is 6. The summed E-state index contributed by atoms with van der Waals surface area (Å²) in [6, 6.07) is 48.2. The molecular weight excluding hydrogens is 462 g/mol. The van der Waals surface area contributed by atoms with Crippen molar-refractivity contribution >= 4 is 21.5 Å². The molecule has 0 bridgehead atoms. The number of rotatable bonds is 4. The molecule has 6 aromatic carbocycles. The van der Waals surface area contributed by atoms with Gasteiger partial charge in [-0.1, -0.05) is 127 Å². The third-order valence-corrected chi connectivity index (χ3v) is 6.90. The second-order valence-electron chi connectivity index (χ2n) is 9.34. The van der Waals surface area contributed by atoms with Crippen molar-refractivity contribution in [2.75, 3.05) is 0 Å². The molecule has 3 heteroatoms. The van der Waals surface area contributed by atoms with Crippen LogP contribution in [0.25, 0.3) is 66.8 Å². The third kappa shape index (κ3) is 4.10. The van der Waals surface area contributed by atoms with E-state index in [2.05, 4.69) is 103 Å². The number of hydrogen-bond acceptors (Lipinski definition) is 3. The van der Waals surface area contributed by atoms with E-state index in [-0.39, 0.29) is 0 Å². The van der Waals surface area contributed by atoms with Crippen LogP contribution < -0.4 is 0 Å². The number of nitrogens with zero attached hydrogens (tertiary/aromatic N) is 3. The average Bonchev–Trinajstić information content (AvgIpc) is 3.01. The van der Waals surface area contributed by atoms with Crippen molar-refractivity contribution in [2.24, 2.45) is 0 Å². The molecule has 0 radical (unpaired) electrons. The van der Waals surface area contributed by atoms with Gasteiger partial charge >= 0.3 is 0 Å². The van der Waals surface area contributed by atoms with Crippen LogP contribution >= 0.6 is 0 Å². The lowest BCUT2D eigenvalue weighted by molar-refractivity contribution is 1.08. The van der Waals surface area contributed by atoms with Crippen molar-refractivity contribution in [1.29, 1.82) is 0 Å². The number of hydrogen-bond donors (Lipinski definition) is 0. The Morgan fingerprint density at radius 2 is 0.868 bits per heavy atom. The first kappa shape index (κ1) is 22.1. The smallest absolute Gasteiger partial charge is 0.164 e. The van der Waals surface area contributed by atoms with Gasteiger partial charge in [-0.15, -0.1) is 0 Å². The van der Waals surface area contributed by atoms with Gasteiger partial charge in [0.2, 0.25) is 0 Å². The Hall–Kier alpha value is -5.15. The van der Waals surface area contributed by atoms with Gasteiger partial charge in [0.15, 0.2) is 17.5 Å². The van der Waals surface area contributed by atoms with Gasteiger partial charge in [-0.05, 0) is 44.8 Å². The molecule has 178 valence electrons. The molecule has 7 rings (SSSR count). The second kappa shape index (κ2) is 9.38. The van der Waals surface area contributed by atoms with Crippen molar-refractivity contribution in [3.63, 3.8) is 0 Å². The molecular formula is C35H23N3. The predicted molar refractivity (Wildman–Crippen MR) is 157 cm³/mol. The van der Waals surface area contributed by atoms with Crippen LogP contribution in [0, 0.1) is 0 Å². The van der Waals surface area contributed by atoms with Gasteiger partial charge in [0, 0.05) is 16.7 Å². The highest BCUT2D eigenvalue weighted by Gasteiger charge is 2.14. The standard InChI is InChI=1S/C35H23N3/c1-3-10-24(11-4-1)27-18-19-29-23-30(21-20-28(29)22-27)34-36-33(26-13-5-2-6-14-26)37-35(38-34)32-17-9-15-25-12-7-8-16-31(25)32/h1-23H. The summed E-state index contributed by atoms with van der Waals surface area (Å²) in [5, 5.41) is 4.61. The molecule has 0 aliphatic rings. The summed E-state index contributed by atoms with van der Waals surface area (Å²) in [7, 11) is 0. The molecule has 0 spiro atoms. The van der Waals surface area contributed by atoms with Crippen LogP contribution in [0.4, 0.5) is 0 Å². The van der Waals surface area contributed by atoms with Crippen LogP contribution in [0.2, 0.25) is 0 Å². The van der Waals surface area contributed by atoms with Gasteiger partial charge in [0.1, 0.15) is 0 Å². The lowest BCUT2D eigenvalue weighted by Crippen LogP contribution is -2.00. The van der Waals surface area contributed by atoms with Crippen LogP contribution in [-0.2, 0) is 0 Å². The fraction of sp³-hybridized carbons (Fsp3) is 0. The van der Waals surface area contributed by atoms with Crippen molar-refractivity contribution < 1.29 is 0 Å². The van der Waals surface area contributed by atoms with E-state index in [9.17, 15) is 0 Å². The highest BCUT2D eigenvalue weighted by molar-refractivity contribution is 5.95. The summed E-state index contributed by atoms with van der Waals surface area (Å²) >= 11 is 0. The van der Waals surface area contributed by atoms with Gasteiger partial charge in [-0.2, -0.15) is 0 Å². The quantitative estimate of drug-likeness (QED) is 0.250. The highest BCUT2D eigenvalue weighted by Crippen LogP contribution is 2.31. The van der Waals surface area contributed by atoms with Gasteiger partial charge < -0.3 is 0 Å². The SMILES string of the molecule is c1ccc(-c2ccc3cc(-c4nc(-c5ccccc5)nc(-c5cccc6ccccc56)n4)ccc3c2)cc1. The van der Waals surface area contributed by atoms with Crippen molar-refractivity contribution in [3.8, 4) is 45.3 Å². The molecule has 7 aromatic rings. The largest absolute Gasteiger partial charge is 0.208 e. The molecule has 3 nitrogen and oxygen atoms in total. The second-order valence-corrected chi connectivity index (χ2v) is 9.34. The molecule has 0 N–H and O–H groups in total. The molecule has 0 saturated heterocycles. The van der Waals surface area contributed by atoms with E-state index < -0.39 is 0 Å². The molecule has 0 atom stereocenters. The summed E-state index contributed by atoms with van der Waals surface area (Å²) in [6.07, 6.45) is 0. The summed E-state index contributed by atoms with van der Waals surface area (Å²) in [5.74, 6) is 2.00. The zero-order chi connectivity index (χ0) is 25.3. The Kier molecular flexibility index (Phi) is 5.45. The van der Waals surface area contributed by atoms with Crippen LogP contribution in [0.5, 0.6) is 0 Å². The van der Waals surface area contributed by atoms with Crippen LogP contribution in [0.15, 0.2) is 140 Å². The maximum Gasteiger partial charge on any atom is 0.164 e. The zero-order valence-corrected chi connectivity index (χ0v) is 20.6. The molecule has 0 saturated carbocycles. The van der Waals surface area contributed by atoms with Gasteiger partial charge in [-0.3, -0.25) is 0 Å². The molecule has 38 heavy (non-hydrogen) atoms. The lowest BCUT2D eigenvalue weighted by atomic mass is 10.00.